The number of hydrogen-bond donors (Lipinski definition) is 0. The zero-order chi connectivity index (χ0) is 12.3. The minimum atomic E-state index is 0.0609. The number of morpholine rings is 1. The van der Waals surface area contributed by atoms with E-state index in [0.29, 0.717) is 0 Å². The molecule has 0 bridgehead atoms. The summed E-state index contributed by atoms with van der Waals surface area (Å²) in [5.74, 6) is 0.0609. The summed E-state index contributed by atoms with van der Waals surface area (Å²) in [6, 6.07) is 0. The molecule has 92 valence electrons. The molecule has 0 amide bonds. The van der Waals surface area contributed by atoms with Gasteiger partial charge in [-0.05, 0) is 26.0 Å². The lowest BCUT2D eigenvalue weighted by molar-refractivity contribution is -0.112. The molecule has 5 heteroatoms. The molecule has 1 aliphatic rings. The van der Waals surface area contributed by atoms with Crippen molar-refractivity contribution in [3.8, 4) is 0 Å². The first kappa shape index (κ1) is 12.3. The summed E-state index contributed by atoms with van der Waals surface area (Å²) in [5.41, 5.74) is 0.981. The monoisotopic (exact) mass is 252 g/mol. The molecular weight excluding hydrogens is 236 g/mol. The Labute approximate surface area is 105 Å². The number of hydrogen-bond acceptors (Lipinski definition) is 5. The van der Waals surface area contributed by atoms with E-state index in [1.165, 1.54) is 0 Å². The fourth-order valence-corrected chi connectivity index (χ4v) is 2.65. The van der Waals surface area contributed by atoms with Crippen LogP contribution < -0.4 is 4.90 Å². The van der Waals surface area contributed by atoms with Gasteiger partial charge in [-0.3, -0.25) is 4.79 Å². The van der Waals surface area contributed by atoms with E-state index in [-0.39, 0.29) is 5.78 Å². The fourth-order valence-electron chi connectivity index (χ4n) is 1.63. The van der Waals surface area contributed by atoms with Gasteiger partial charge in [0.2, 0.25) is 0 Å². The molecule has 0 N–H and O–H groups in total. The summed E-state index contributed by atoms with van der Waals surface area (Å²) in [6.45, 7) is 6.83. The lowest BCUT2D eigenvalue weighted by Gasteiger charge is -2.25. The summed E-state index contributed by atoms with van der Waals surface area (Å²) in [6.07, 6.45) is 3.43. The average molecular weight is 252 g/mol. The molecule has 1 aromatic rings. The molecule has 0 aliphatic carbocycles. The fraction of sp³-hybridized carbons (Fsp3) is 0.500. The Balaban J connectivity index is 2.14. The number of ether oxygens (including phenoxy) is 1. The third-order valence-corrected chi connectivity index (χ3v) is 3.76. The molecule has 1 aliphatic heterocycles. The van der Waals surface area contributed by atoms with Gasteiger partial charge in [-0.25, -0.2) is 4.98 Å². The SMILES string of the molecule is CC(=O)C=Cc1sc(N2CCOCC2)nc1C. The first-order valence-corrected chi connectivity index (χ1v) is 6.47. The molecule has 0 saturated carbocycles. The van der Waals surface area contributed by atoms with Gasteiger partial charge in [0.15, 0.2) is 10.9 Å². The Morgan fingerprint density at radius 2 is 2.18 bits per heavy atom. The minimum absolute atomic E-state index is 0.0609. The highest BCUT2D eigenvalue weighted by Crippen LogP contribution is 2.27. The van der Waals surface area contributed by atoms with E-state index in [2.05, 4.69) is 9.88 Å². The Hall–Kier alpha value is -1.20. The zero-order valence-electron chi connectivity index (χ0n) is 10.1. The summed E-state index contributed by atoms with van der Waals surface area (Å²) >= 11 is 1.63. The molecule has 0 radical (unpaired) electrons. The average Bonchev–Trinajstić information content (AvgIpc) is 2.69. The normalized spacial score (nSPS) is 16.7. The van der Waals surface area contributed by atoms with Crippen LogP contribution in [0.15, 0.2) is 6.08 Å². The number of aromatic nitrogens is 1. The second kappa shape index (κ2) is 5.42. The largest absolute Gasteiger partial charge is 0.378 e. The maximum absolute atomic E-state index is 10.9. The first-order valence-electron chi connectivity index (χ1n) is 5.65. The van der Waals surface area contributed by atoms with Gasteiger partial charge >= 0.3 is 0 Å². The zero-order valence-corrected chi connectivity index (χ0v) is 10.9. The van der Waals surface area contributed by atoms with E-state index in [9.17, 15) is 4.79 Å². The van der Waals surface area contributed by atoms with Crippen LogP contribution in [-0.2, 0) is 9.53 Å². The van der Waals surface area contributed by atoms with Gasteiger partial charge in [0.05, 0.1) is 23.8 Å². The number of allylic oxidation sites excluding steroid dienone is 1. The van der Waals surface area contributed by atoms with Crippen LogP contribution in [0.2, 0.25) is 0 Å². The van der Waals surface area contributed by atoms with Crippen molar-refractivity contribution in [3.05, 3.63) is 16.6 Å². The van der Waals surface area contributed by atoms with Crippen molar-refractivity contribution in [2.75, 3.05) is 31.2 Å². The van der Waals surface area contributed by atoms with Crippen LogP contribution in [0.5, 0.6) is 0 Å². The van der Waals surface area contributed by atoms with Crippen LogP contribution in [0.1, 0.15) is 17.5 Å². The molecule has 17 heavy (non-hydrogen) atoms. The smallest absolute Gasteiger partial charge is 0.186 e. The van der Waals surface area contributed by atoms with Crippen LogP contribution in [0, 0.1) is 6.92 Å². The van der Waals surface area contributed by atoms with Crippen molar-refractivity contribution in [2.45, 2.75) is 13.8 Å². The van der Waals surface area contributed by atoms with Crippen molar-refractivity contribution in [3.63, 3.8) is 0 Å². The van der Waals surface area contributed by atoms with Gasteiger partial charge in [-0.15, -0.1) is 0 Å². The molecule has 0 unspecified atom stereocenters. The maximum atomic E-state index is 10.9. The van der Waals surface area contributed by atoms with Gasteiger partial charge in [0.25, 0.3) is 0 Å². The number of carbonyl (C=O) groups excluding carboxylic acids is 1. The second-order valence-corrected chi connectivity index (χ2v) is 5.00. The highest BCUT2D eigenvalue weighted by Gasteiger charge is 2.15. The number of carbonyl (C=O) groups is 1. The predicted octanol–water partition coefficient (Wildman–Crippen LogP) is 1.89. The highest BCUT2D eigenvalue weighted by molar-refractivity contribution is 7.16. The van der Waals surface area contributed by atoms with Gasteiger partial charge < -0.3 is 9.64 Å². The number of rotatable bonds is 3. The second-order valence-electron chi connectivity index (χ2n) is 3.99. The molecule has 0 aromatic carbocycles. The quantitative estimate of drug-likeness (QED) is 0.770. The van der Waals surface area contributed by atoms with E-state index in [4.69, 9.17) is 4.74 Å². The minimum Gasteiger partial charge on any atom is -0.378 e. The molecule has 2 heterocycles. The summed E-state index contributed by atoms with van der Waals surface area (Å²) in [7, 11) is 0. The van der Waals surface area contributed by atoms with Gasteiger partial charge in [0, 0.05) is 13.1 Å². The van der Waals surface area contributed by atoms with Crippen LogP contribution in [0.25, 0.3) is 6.08 Å². The van der Waals surface area contributed by atoms with Crippen LogP contribution in [0.3, 0.4) is 0 Å². The van der Waals surface area contributed by atoms with Crippen molar-refractivity contribution in [1.29, 1.82) is 0 Å². The van der Waals surface area contributed by atoms with Gasteiger partial charge in [-0.1, -0.05) is 11.3 Å². The van der Waals surface area contributed by atoms with Crippen LogP contribution in [-0.4, -0.2) is 37.1 Å². The van der Waals surface area contributed by atoms with Crippen molar-refractivity contribution < 1.29 is 9.53 Å². The lowest BCUT2D eigenvalue weighted by atomic mass is 10.3. The number of nitrogens with zero attached hydrogens (tertiary/aromatic N) is 2. The maximum Gasteiger partial charge on any atom is 0.186 e. The Kier molecular flexibility index (Phi) is 3.91. The summed E-state index contributed by atoms with van der Waals surface area (Å²) < 4.78 is 5.31. The van der Waals surface area contributed by atoms with Crippen molar-refractivity contribution in [1.82, 2.24) is 4.98 Å². The molecule has 0 atom stereocenters. The lowest BCUT2D eigenvalue weighted by Crippen LogP contribution is -2.36. The number of ketones is 1. The molecule has 1 fully saturated rings. The number of anilines is 1. The predicted molar refractivity (Wildman–Crippen MR) is 69.6 cm³/mol. The highest BCUT2D eigenvalue weighted by atomic mass is 32.1. The molecular formula is C12H16N2O2S. The van der Waals surface area contributed by atoms with E-state index >= 15 is 0 Å². The molecule has 1 saturated heterocycles. The van der Waals surface area contributed by atoms with Gasteiger partial charge in [0.1, 0.15) is 0 Å². The van der Waals surface area contributed by atoms with Gasteiger partial charge in [-0.2, -0.15) is 0 Å². The number of thiazole rings is 1. The van der Waals surface area contributed by atoms with E-state index in [1.807, 2.05) is 13.0 Å². The van der Waals surface area contributed by atoms with Crippen LogP contribution in [0.4, 0.5) is 5.13 Å². The van der Waals surface area contributed by atoms with Crippen molar-refractivity contribution in [2.24, 2.45) is 0 Å². The summed E-state index contributed by atoms with van der Waals surface area (Å²) in [4.78, 5) is 18.7. The molecule has 1 aromatic heterocycles. The van der Waals surface area contributed by atoms with E-state index in [1.54, 1.807) is 24.3 Å². The van der Waals surface area contributed by atoms with E-state index in [0.717, 1.165) is 42.0 Å². The van der Waals surface area contributed by atoms with E-state index < -0.39 is 0 Å². The standard InChI is InChI=1S/C12H16N2O2S/c1-9(15)3-4-11-10(2)13-12(17-11)14-5-7-16-8-6-14/h3-4H,5-8H2,1-2H3. The van der Waals surface area contributed by atoms with Crippen LogP contribution >= 0.6 is 11.3 Å². The summed E-state index contributed by atoms with van der Waals surface area (Å²) in [5, 5.41) is 1.02. The Morgan fingerprint density at radius 1 is 1.47 bits per heavy atom. The third kappa shape index (κ3) is 3.14. The van der Waals surface area contributed by atoms with Crippen molar-refractivity contribution >= 4 is 28.3 Å². The molecule has 2 rings (SSSR count). The third-order valence-electron chi connectivity index (χ3n) is 2.57. The topological polar surface area (TPSA) is 42.4 Å². The molecule has 0 spiro atoms. The Morgan fingerprint density at radius 3 is 2.82 bits per heavy atom. The molecule has 4 nitrogen and oxygen atoms in total. The Bertz CT molecular complexity index is 434. The first-order chi connectivity index (χ1) is 8.16. The number of aryl methyl sites for hydroxylation is 1.